The first-order valence-electron chi connectivity index (χ1n) is 5.42. The van der Waals surface area contributed by atoms with E-state index in [0.717, 1.165) is 5.71 Å². The van der Waals surface area contributed by atoms with Crippen molar-refractivity contribution in [3.8, 4) is 0 Å². The lowest BCUT2D eigenvalue weighted by molar-refractivity contribution is -0.128. The summed E-state index contributed by atoms with van der Waals surface area (Å²) in [5.41, 5.74) is 1.43. The van der Waals surface area contributed by atoms with Crippen molar-refractivity contribution in [3.05, 3.63) is 0 Å². The Hall–Kier alpha value is -1.39. The number of rotatable bonds is 4. The van der Waals surface area contributed by atoms with Crippen molar-refractivity contribution < 1.29 is 9.63 Å². The van der Waals surface area contributed by atoms with Crippen molar-refractivity contribution in [2.24, 2.45) is 22.1 Å². The Bertz CT molecular complexity index is 334. The molecule has 1 atom stereocenters. The predicted octanol–water partition coefficient (Wildman–Crippen LogP) is 1.50. The molecule has 90 valence electrons. The fourth-order valence-corrected chi connectivity index (χ4v) is 1.53. The highest BCUT2D eigenvalue weighted by atomic mass is 16.6. The highest BCUT2D eigenvalue weighted by Crippen LogP contribution is 2.15. The van der Waals surface area contributed by atoms with Gasteiger partial charge >= 0.3 is 0 Å². The molecule has 5 nitrogen and oxygen atoms in total. The Morgan fingerprint density at radius 1 is 1.62 bits per heavy atom. The van der Waals surface area contributed by atoms with Gasteiger partial charge in [-0.3, -0.25) is 4.79 Å². The molecule has 1 heterocycles. The van der Waals surface area contributed by atoms with Crippen LogP contribution >= 0.6 is 0 Å². The largest absolute Gasteiger partial charge is 0.396 e. The van der Waals surface area contributed by atoms with Gasteiger partial charge in [-0.25, -0.2) is 5.01 Å². The number of nitrogens with zero attached hydrogens (tertiary/aromatic N) is 3. The van der Waals surface area contributed by atoms with Gasteiger partial charge < -0.3 is 4.84 Å². The molecule has 0 aromatic heterocycles. The van der Waals surface area contributed by atoms with Crippen LogP contribution in [0, 0.1) is 11.8 Å². The summed E-state index contributed by atoms with van der Waals surface area (Å²) in [6.45, 7) is 8.27. The SMILES string of the molecule is CC1=NN(C)C(=O)C1/C(C)=N/OCC(C)C. The highest BCUT2D eigenvalue weighted by molar-refractivity contribution is 6.22. The second-order valence-electron chi connectivity index (χ2n) is 4.46. The highest BCUT2D eigenvalue weighted by Gasteiger charge is 2.33. The van der Waals surface area contributed by atoms with Crippen molar-refractivity contribution in [3.63, 3.8) is 0 Å². The molecular weight excluding hydrogens is 206 g/mol. The zero-order valence-corrected chi connectivity index (χ0v) is 10.5. The Balaban J connectivity index is 2.64. The molecule has 1 aliphatic rings. The van der Waals surface area contributed by atoms with E-state index in [4.69, 9.17) is 4.84 Å². The van der Waals surface area contributed by atoms with Gasteiger partial charge in [0.15, 0.2) is 0 Å². The third-order valence-electron chi connectivity index (χ3n) is 2.33. The molecule has 5 heteroatoms. The first-order valence-corrected chi connectivity index (χ1v) is 5.42. The molecule has 0 saturated heterocycles. The van der Waals surface area contributed by atoms with Crippen LogP contribution in [0.2, 0.25) is 0 Å². The summed E-state index contributed by atoms with van der Waals surface area (Å²) in [6.07, 6.45) is 0. The Morgan fingerprint density at radius 3 is 2.69 bits per heavy atom. The first-order chi connectivity index (χ1) is 7.43. The monoisotopic (exact) mass is 225 g/mol. The van der Waals surface area contributed by atoms with Crippen LogP contribution in [0.5, 0.6) is 0 Å². The number of hydrogen-bond acceptors (Lipinski definition) is 4. The van der Waals surface area contributed by atoms with E-state index in [2.05, 4.69) is 10.3 Å². The summed E-state index contributed by atoms with van der Waals surface area (Å²) in [4.78, 5) is 16.9. The zero-order valence-electron chi connectivity index (χ0n) is 10.5. The number of oxime groups is 1. The second kappa shape index (κ2) is 5.09. The van der Waals surface area contributed by atoms with Gasteiger partial charge in [0.1, 0.15) is 12.5 Å². The number of carbonyl (C=O) groups is 1. The fraction of sp³-hybridized carbons (Fsp3) is 0.727. The topological polar surface area (TPSA) is 54.3 Å². The molecular formula is C11H19N3O2. The number of amides is 1. The molecule has 0 N–H and O–H groups in total. The minimum atomic E-state index is -0.350. The minimum Gasteiger partial charge on any atom is -0.396 e. The predicted molar refractivity (Wildman–Crippen MR) is 63.3 cm³/mol. The van der Waals surface area contributed by atoms with Gasteiger partial charge in [0.2, 0.25) is 0 Å². The van der Waals surface area contributed by atoms with E-state index in [1.807, 2.05) is 20.8 Å². The summed E-state index contributed by atoms with van der Waals surface area (Å²) in [7, 11) is 1.65. The van der Waals surface area contributed by atoms with E-state index in [1.54, 1.807) is 14.0 Å². The van der Waals surface area contributed by atoms with E-state index in [-0.39, 0.29) is 11.8 Å². The van der Waals surface area contributed by atoms with Crippen molar-refractivity contribution in [2.45, 2.75) is 27.7 Å². The smallest absolute Gasteiger partial charge is 0.257 e. The summed E-state index contributed by atoms with van der Waals surface area (Å²) in [6, 6.07) is 0. The number of hydrazone groups is 1. The zero-order chi connectivity index (χ0) is 12.3. The lowest BCUT2D eigenvalue weighted by Gasteiger charge is -2.10. The van der Waals surface area contributed by atoms with Crippen LogP contribution in [0.1, 0.15) is 27.7 Å². The Kier molecular flexibility index (Phi) is 4.04. The molecule has 0 fully saturated rings. The van der Waals surface area contributed by atoms with Gasteiger partial charge in [-0.2, -0.15) is 5.10 Å². The Labute approximate surface area is 96.1 Å². The molecule has 0 aliphatic carbocycles. The summed E-state index contributed by atoms with van der Waals surface area (Å²) >= 11 is 0. The van der Waals surface area contributed by atoms with E-state index < -0.39 is 0 Å². The van der Waals surface area contributed by atoms with E-state index in [0.29, 0.717) is 18.2 Å². The molecule has 1 unspecified atom stereocenters. The standard InChI is InChI=1S/C11H19N3O2/c1-7(2)6-16-13-9(4)10-8(3)12-14(5)11(10)15/h7,10H,6H2,1-5H3/b13-9+. The van der Waals surface area contributed by atoms with Gasteiger partial charge in [0, 0.05) is 7.05 Å². The molecule has 16 heavy (non-hydrogen) atoms. The van der Waals surface area contributed by atoms with Gasteiger partial charge in [-0.05, 0) is 19.8 Å². The number of carbonyl (C=O) groups excluding carboxylic acids is 1. The first kappa shape index (κ1) is 12.7. The van der Waals surface area contributed by atoms with Crippen molar-refractivity contribution in [1.29, 1.82) is 0 Å². The minimum absolute atomic E-state index is 0.0492. The van der Waals surface area contributed by atoms with Crippen LogP contribution in [0.3, 0.4) is 0 Å². The maximum absolute atomic E-state index is 11.7. The van der Waals surface area contributed by atoms with E-state index >= 15 is 0 Å². The quantitative estimate of drug-likeness (QED) is 0.537. The van der Waals surface area contributed by atoms with Crippen molar-refractivity contribution in [2.75, 3.05) is 13.7 Å². The second-order valence-corrected chi connectivity index (χ2v) is 4.46. The van der Waals surface area contributed by atoms with Crippen LogP contribution in [0.4, 0.5) is 0 Å². The lowest BCUT2D eigenvalue weighted by atomic mass is 10.00. The van der Waals surface area contributed by atoms with Gasteiger partial charge in [-0.15, -0.1) is 0 Å². The van der Waals surface area contributed by atoms with E-state index in [1.165, 1.54) is 5.01 Å². The van der Waals surface area contributed by atoms with Crippen LogP contribution in [0.15, 0.2) is 10.3 Å². The van der Waals surface area contributed by atoms with Crippen LogP contribution in [-0.2, 0) is 9.63 Å². The average molecular weight is 225 g/mol. The summed E-state index contributed by atoms with van der Waals surface area (Å²) in [5.74, 6) is 0.0253. The van der Waals surface area contributed by atoms with Gasteiger partial charge in [-0.1, -0.05) is 19.0 Å². The van der Waals surface area contributed by atoms with Crippen LogP contribution < -0.4 is 0 Å². The molecule has 0 saturated carbocycles. The van der Waals surface area contributed by atoms with Crippen molar-refractivity contribution in [1.82, 2.24) is 5.01 Å². The Morgan fingerprint density at radius 2 is 2.25 bits per heavy atom. The molecule has 0 spiro atoms. The molecule has 0 bridgehead atoms. The summed E-state index contributed by atoms with van der Waals surface area (Å²) < 4.78 is 0. The molecule has 1 rings (SSSR count). The summed E-state index contributed by atoms with van der Waals surface area (Å²) in [5, 5.41) is 9.40. The molecule has 0 radical (unpaired) electrons. The number of hydrogen-bond donors (Lipinski definition) is 0. The fourth-order valence-electron chi connectivity index (χ4n) is 1.53. The third-order valence-corrected chi connectivity index (χ3v) is 2.33. The van der Waals surface area contributed by atoms with Crippen LogP contribution in [-0.4, -0.2) is 36.0 Å². The van der Waals surface area contributed by atoms with Gasteiger partial charge in [0.05, 0.1) is 11.4 Å². The molecule has 1 amide bonds. The lowest BCUT2D eigenvalue weighted by Crippen LogP contribution is -2.29. The molecule has 0 aromatic rings. The molecule has 1 aliphatic heterocycles. The van der Waals surface area contributed by atoms with Gasteiger partial charge in [0.25, 0.3) is 5.91 Å². The third kappa shape index (κ3) is 2.81. The van der Waals surface area contributed by atoms with Crippen molar-refractivity contribution >= 4 is 17.3 Å². The van der Waals surface area contributed by atoms with E-state index in [9.17, 15) is 4.79 Å². The normalized spacial score (nSPS) is 21.8. The maximum Gasteiger partial charge on any atom is 0.257 e. The maximum atomic E-state index is 11.7. The van der Waals surface area contributed by atoms with Crippen LogP contribution in [0.25, 0.3) is 0 Å². The molecule has 0 aromatic carbocycles. The average Bonchev–Trinajstić information content (AvgIpc) is 2.40.